The summed E-state index contributed by atoms with van der Waals surface area (Å²) in [6.07, 6.45) is 1.01. The molecular formula is C25H29F3N4O. The smallest absolute Gasteiger partial charge is 0.255 e. The van der Waals surface area contributed by atoms with Crippen LogP contribution in [0.3, 0.4) is 0 Å². The first-order chi connectivity index (χ1) is 15.7. The van der Waals surface area contributed by atoms with Crippen LogP contribution in [0.2, 0.25) is 0 Å². The van der Waals surface area contributed by atoms with Gasteiger partial charge in [0.1, 0.15) is 5.82 Å². The molecule has 0 saturated carbocycles. The van der Waals surface area contributed by atoms with Crippen LogP contribution in [0.15, 0.2) is 36.5 Å². The molecule has 4 rings (SSSR count). The number of alkyl halides is 2. The highest BCUT2D eigenvalue weighted by Crippen LogP contribution is 2.34. The lowest BCUT2D eigenvalue weighted by atomic mass is 9.91. The van der Waals surface area contributed by atoms with Crippen molar-refractivity contribution in [2.75, 3.05) is 19.6 Å². The van der Waals surface area contributed by atoms with Gasteiger partial charge in [-0.1, -0.05) is 12.1 Å². The summed E-state index contributed by atoms with van der Waals surface area (Å²) < 4.78 is 42.4. The van der Waals surface area contributed by atoms with Crippen molar-refractivity contribution in [2.24, 2.45) is 13.0 Å². The Hall–Kier alpha value is -2.87. The summed E-state index contributed by atoms with van der Waals surface area (Å²) in [7, 11) is 1.85. The first-order valence-corrected chi connectivity index (χ1v) is 11.3. The molecule has 2 heterocycles. The molecule has 0 radical (unpaired) electrons. The molecular weight excluding hydrogens is 429 g/mol. The van der Waals surface area contributed by atoms with Crippen LogP contribution in [0.25, 0.3) is 22.0 Å². The molecule has 176 valence electrons. The SMILES string of the molecule is CC(C)N(CC(F)F)C(=O)c1cc(F)ccc1-c1cc(C[C@@H]2CCNC2)cc2c1cnn2C. The van der Waals surface area contributed by atoms with Gasteiger partial charge in [0, 0.05) is 18.5 Å². The van der Waals surface area contributed by atoms with Crippen molar-refractivity contribution < 1.29 is 18.0 Å². The molecule has 0 bridgehead atoms. The van der Waals surface area contributed by atoms with E-state index in [0.717, 1.165) is 58.9 Å². The van der Waals surface area contributed by atoms with Crippen LogP contribution in [-0.4, -0.2) is 52.7 Å². The second-order valence-corrected chi connectivity index (χ2v) is 9.04. The Morgan fingerprint density at radius 2 is 2.03 bits per heavy atom. The highest BCUT2D eigenvalue weighted by molar-refractivity contribution is 6.05. The quantitative estimate of drug-likeness (QED) is 0.561. The van der Waals surface area contributed by atoms with E-state index in [0.29, 0.717) is 11.5 Å². The van der Waals surface area contributed by atoms with Gasteiger partial charge in [0.15, 0.2) is 0 Å². The normalized spacial score (nSPS) is 16.3. The van der Waals surface area contributed by atoms with Crippen LogP contribution in [0.1, 0.15) is 36.2 Å². The Labute approximate surface area is 191 Å². The van der Waals surface area contributed by atoms with Crippen LogP contribution in [0, 0.1) is 11.7 Å². The van der Waals surface area contributed by atoms with E-state index in [-0.39, 0.29) is 5.56 Å². The number of carbonyl (C=O) groups is 1. The van der Waals surface area contributed by atoms with E-state index in [1.165, 1.54) is 6.07 Å². The van der Waals surface area contributed by atoms with E-state index in [4.69, 9.17) is 0 Å². The highest BCUT2D eigenvalue weighted by atomic mass is 19.3. The predicted octanol–water partition coefficient (Wildman–Crippen LogP) is 4.65. The molecule has 8 heteroatoms. The minimum absolute atomic E-state index is 0.0780. The number of carbonyl (C=O) groups excluding carboxylic acids is 1. The standard InChI is InChI=1S/C25H29F3N4O/c1-15(2)32(14-24(27)28)25(33)21-11-18(26)4-5-19(21)20-9-17(8-16-6-7-29-12-16)10-23-22(20)13-30-31(23)3/h4-5,9-11,13,15-16,24,29H,6-8,12,14H2,1-3H3/t16-/m0/s1. The van der Waals surface area contributed by atoms with Crippen LogP contribution in [-0.2, 0) is 13.5 Å². The number of aromatic nitrogens is 2. The van der Waals surface area contributed by atoms with Crippen molar-refractivity contribution >= 4 is 16.8 Å². The Kier molecular flexibility index (Phi) is 6.74. The van der Waals surface area contributed by atoms with Gasteiger partial charge in [-0.3, -0.25) is 9.48 Å². The van der Waals surface area contributed by atoms with Crippen LogP contribution < -0.4 is 5.32 Å². The maximum absolute atomic E-state index is 14.3. The molecule has 0 unspecified atom stereocenters. The van der Waals surface area contributed by atoms with Gasteiger partial charge >= 0.3 is 0 Å². The van der Waals surface area contributed by atoms with Crippen molar-refractivity contribution in [3.05, 3.63) is 53.5 Å². The average Bonchev–Trinajstić information content (AvgIpc) is 3.41. The summed E-state index contributed by atoms with van der Waals surface area (Å²) in [5.41, 5.74) is 3.36. The topological polar surface area (TPSA) is 50.2 Å². The third-order valence-electron chi connectivity index (χ3n) is 6.33. The highest BCUT2D eigenvalue weighted by Gasteiger charge is 2.26. The second-order valence-electron chi connectivity index (χ2n) is 9.04. The molecule has 1 aromatic heterocycles. The van der Waals surface area contributed by atoms with E-state index < -0.39 is 30.7 Å². The lowest BCUT2D eigenvalue weighted by Crippen LogP contribution is -2.40. The van der Waals surface area contributed by atoms with Gasteiger partial charge in [-0.15, -0.1) is 0 Å². The van der Waals surface area contributed by atoms with Gasteiger partial charge in [0.05, 0.1) is 23.8 Å². The van der Waals surface area contributed by atoms with Crippen molar-refractivity contribution in [1.82, 2.24) is 20.0 Å². The Balaban J connectivity index is 1.85. The average molecular weight is 459 g/mol. The number of hydrogen-bond acceptors (Lipinski definition) is 3. The number of fused-ring (bicyclic) bond motifs is 1. The number of aryl methyl sites for hydroxylation is 1. The summed E-state index contributed by atoms with van der Waals surface area (Å²) in [4.78, 5) is 14.5. The number of benzene rings is 2. The second kappa shape index (κ2) is 9.55. The summed E-state index contributed by atoms with van der Waals surface area (Å²) in [5.74, 6) is -0.680. The van der Waals surface area contributed by atoms with Gasteiger partial charge in [-0.05, 0) is 80.6 Å². The first-order valence-electron chi connectivity index (χ1n) is 11.3. The first kappa shape index (κ1) is 23.3. The molecule has 1 aliphatic heterocycles. The molecule has 1 atom stereocenters. The van der Waals surface area contributed by atoms with Crippen LogP contribution in [0.5, 0.6) is 0 Å². The van der Waals surface area contributed by atoms with Gasteiger partial charge < -0.3 is 10.2 Å². The fourth-order valence-electron chi connectivity index (χ4n) is 4.63. The van der Waals surface area contributed by atoms with Crippen molar-refractivity contribution in [2.45, 2.75) is 39.2 Å². The van der Waals surface area contributed by atoms with E-state index in [2.05, 4.69) is 16.5 Å². The van der Waals surface area contributed by atoms with Gasteiger partial charge in [0.2, 0.25) is 0 Å². The zero-order chi connectivity index (χ0) is 23.7. The Bertz CT molecular complexity index is 1150. The summed E-state index contributed by atoms with van der Waals surface area (Å²) in [6, 6.07) is 7.68. The fraction of sp³-hybridized carbons (Fsp3) is 0.440. The molecule has 0 spiro atoms. The zero-order valence-electron chi connectivity index (χ0n) is 19.1. The molecule has 1 saturated heterocycles. The van der Waals surface area contributed by atoms with Crippen molar-refractivity contribution in [1.29, 1.82) is 0 Å². The monoisotopic (exact) mass is 458 g/mol. The molecule has 1 N–H and O–H groups in total. The van der Waals surface area contributed by atoms with E-state index >= 15 is 0 Å². The molecule has 1 fully saturated rings. The van der Waals surface area contributed by atoms with Gasteiger partial charge in [-0.2, -0.15) is 5.10 Å². The summed E-state index contributed by atoms with van der Waals surface area (Å²) in [5, 5.41) is 8.60. The minimum Gasteiger partial charge on any atom is -0.330 e. The Morgan fingerprint density at radius 1 is 1.24 bits per heavy atom. The maximum atomic E-state index is 14.3. The largest absolute Gasteiger partial charge is 0.330 e. The van der Waals surface area contributed by atoms with E-state index in [9.17, 15) is 18.0 Å². The van der Waals surface area contributed by atoms with Gasteiger partial charge in [-0.25, -0.2) is 13.2 Å². The lowest BCUT2D eigenvalue weighted by Gasteiger charge is -2.27. The fourth-order valence-corrected chi connectivity index (χ4v) is 4.63. The molecule has 1 amide bonds. The molecule has 1 aliphatic rings. The van der Waals surface area contributed by atoms with Crippen LogP contribution >= 0.6 is 0 Å². The lowest BCUT2D eigenvalue weighted by molar-refractivity contribution is 0.0476. The number of rotatable bonds is 7. The third-order valence-corrected chi connectivity index (χ3v) is 6.33. The molecule has 3 aromatic rings. The zero-order valence-corrected chi connectivity index (χ0v) is 19.1. The molecule has 5 nitrogen and oxygen atoms in total. The Morgan fingerprint density at radius 3 is 2.70 bits per heavy atom. The number of hydrogen-bond donors (Lipinski definition) is 1. The van der Waals surface area contributed by atoms with Crippen LogP contribution in [0.4, 0.5) is 13.2 Å². The van der Waals surface area contributed by atoms with Crippen molar-refractivity contribution in [3.63, 3.8) is 0 Å². The molecule has 2 aromatic carbocycles. The minimum atomic E-state index is -2.68. The van der Waals surface area contributed by atoms with E-state index in [1.54, 1.807) is 30.8 Å². The number of halogens is 3. The third kappa shape index (κ3) is 4.90. The summed E-state index contributed by atoms with van der Waals surface area (Å²) >= 11 is 0. The predicted molar refractivity (Wildman–Crippen MR) is 123 cm³/mol. The summed E-state index contributed by atoms with van der Waals surface area (Å²) in [6.45, 7) is 4.60. The molecule has 0 aliphatic carbocycles. The number of nitrogens with zero attached hydrogens (tertiary/aromatic N) is 3. The number of amides is 1. The van der Waals surface area contributed by atoms with E-state index in [1.807, 2.05) is 13.1 Å². The number of nitrogens with one attached hydrogen (secondary N) is 1. The van der Waals surface area contributed by atoms with Gasteiger partial charge in [0.25, 0.3) is 12.3 Å². The maximum Gasteiger partial charge on any atom is 0.255 e. The molecule has 33 heavy (non-hydrogen) atoms. The van der Waals surface area contributed by atoms with Crippen molar-refractivity contribution in [3.8, 4) is 11.1 Å².